The van der Waals surface area contributed by atoms with Crippen molar-refractivity contribution in [3.63, 3.8) is 0 Å². The van der Waals surface area contributed by atoms with Crippen molar-refractivity contribution in [1.82, 2.24) is 37.0 Å². The third-order valence-corrected chi connectivity index (χ3v) is 28.2. The Kier molecular flexibility index (Phi) is 25.9. The van der Waals surface area contributed by atoms with E-state index < -0.39 is 0 Å². The minimum absolute atomic E-state index is 0. The van der Waals surface area contributed by atoms with Crippen LogP contribution >= 0.6 is 0 Å². The van der Waals surface area contributed by atoms with E-state index in [1.165, 1.54) is 204 Å². The Morgan fingerprint density at radius 3 is 1.10 bits per heavy atom. The van der Waals surface area contributed by atoms with Crippen LogP contribution in [-0.2, 0) is 59.5 Å². The summed E-state index contributed by atoms with van der Waals surface area (Å²) in [6, 6.07) is 138. The Balaban J connectivity index is 0.000000113. The molecular formula is C127H108N8O4Pt. The van der Waals surface area contributed by atoms with Gasteiger partial charge in [0.05, 0.1) is 87.0 Å². The van der Waals surface area contributed by atoms with Gasteiger partial charge < -0.3 is 46.0 Å². The molecule has 0 saturated heterocycles. The second-order valence-electron chi connectivity index (χ2n) is 36.5. The molecule has 13 heteroatoms. The van der Waals surface area contributed by atoms with Crippen LogP contribution in [0.5, 0.6) is 0 Å². The number of hydrogen-bond acceptors (Lipinski definition) is 6. The number of para-hydroxylation sites is 9. The molecule has 8 heterocycles. The Hall–Kier alpha value is -15.1. The van der Waals surface area contributed by atoms with E-state index in [1.54, 1.807) is 14.2 Å². The van der Waals surface area contributed by atoms with Crippen LogP contribution in [0.2, 0.25) is 0 Å². The summed E-state index contributed by atoms with van der Waals surface area (Å²) in [5.41, 5.74) is 33.6. The number of benzene rings is 17. The number of aromatic nitrogens is 8. The van der Waals surface area contributed by atoms with Crippen LogP contribution in [0, 0.1) is 32.9 Å². The van der Waals surface area contributed by atoms with Gasteiger partial charge in [0.15, 0.2) is 0 Å². The maximum atomic E-state index is 5.89. The van der Waals surface area contributed by atoms with E-state index in [1.807, 2.05) is 44.0 Å². The summed E-state index contributed by atoms with van der Waals surface area (Å²) in [5, 5.41) is 17.1. The molecule has 0 aliphatic rings. The average Bonchev–Trinajstić information content (AvgIpc) is 0.996. The first-order valence-electron chi connectivity index (χ1n) is 48.5. The van der Waals surface area contributed by atoms with E-state index in [2.05, 4.69) is 443 Å². The van der Waals surface area contributed by atoms with Crippen LogP contribution < -0.4 is 0 Å². The van der Waals surface area contributed by atoms with Gasteiger partial charge in [0.2, 0.25) is 0 Å². The van der Waals surface area contributed by atoms with Gasteiger partial charge in [-0.3, -0.25) is 9.97 Å². The molecule has 140 heavy (non-hydrogen) atoms. The van der Waals surface area contributed by atoms with Gasteiger partial charge in [-0.2, -0.15) is 0 Å². The molecule has 0 fully saturated rings. The van der Waals surface area contributed by atoms with Crippen LogP contribution in [0.1, 0.15) is 73.4 Å². The van der Waals surface area contributed by atoms with Crippen LogP contribution in [0.3, 0.4) is 0 Å². The number of methoxy groups -OCH3 is 3. The maximum Gasteiger partial charge on any atom is 2.00 e. The quantitative estimate of drug-likeness (QED) is 0.0526. The number of imidazole rings is 2. The minimum Gasteiger partial charge on any atom is -0.381 e. The molecular weight excluding hydrogens is 1900 g/mol. The first-order chi connectivity index (χ1) is 68.4. The summed E-state index contributed by atoms with van der Waals surface area (Å²) < 4.78 is 36.7. The summed E-state index contributed by atoms with van der Waals surface area (Å²) in [6.07, 6.45) is 13.0. The van der Waals surface area contributed by atoms with Gasteiger partial charge in [0, 0.05) is 123 Å². The largest absolute Gasteiger partial charge is 2.00 e. The van der Waals surface area contributed by atoms with Gasteiger partial charge >= 0.3 is 21.1 Å². The maximum absolute atomic E-state index is 5.89. The van der Waals surface area contributed by atoms with E-state index in [9.17, 15) is 0 Å². The zero-order valence-corrected chi connectivity index (χ0v) is 82.4. The Morgan fingerprint density at radius 1 is 0.293 bits per heavy atom. The molecule has 0 N–H and O–H groups in total. The molecule has 25 aromatic rings. The van der Waals surface area contributed by atoms with Crippen molar-refractivity contribution in [3.8, 4) is 56.1 Å². The van der Waals surface area contributed by atoms with Gasteiger partial charge in [0.25, 0.3) is 0 Å². The van der Waals surface area contributed by atoms with Crippen molar-refractivity contribution in [1.29, 1.82) is 0 Å². The van der Waals surface area contributed by atoms with Crippen LogP contribution in [0.25, 0.3) is 198 Å². The summed E-state index contributed by atoms with van der Waals surface area (Å²) in [6.45, 7) is 14.2. The van der Waals surface area contributed by atoms with Crippen molar-refractivity contribution < 1.29 is 40.0 Å². The van der Waals surface area contributed by atoms with E-state index >= 15 is 0 Å². The monoisotopic (exact) mass is 2000 g/mol. The third-order valence-electron chi connectivity index (χ3n) is 28.2. The molecule has 0 radical (unpaired) electrons. The molecule has 12 nitrogen and oxygen atoms in total. The molecule has 690 valence electrons. The normalized spacial score (nSPS) is 12.3. The molecule has 17 aromatic carbocycles. The Labute approximate surface area is 829 Å². The first-order valence-corrected chi connectivity index (χ1v) is 48.5. The second kappa shape index (κ2) is 39.8. The number of fused-ring (bicyclic) bond motifs is 24. The summed E-state index contributed by atoms with van der Waals surface area (Å²) in [5.74, 6) is 0. The van der Waals surface area contributed by atoms with Crippen molar-refractivity contribution in [2.45, 2.75) is 98.6 Å². The van der Waals surface area contributed by atoms with Crippen molar-refractivity contribution in [2.75, 3.05) is 27.9 Å². The number of aryl methyl sites for hydroxylation is 3. The van der Waals surface area contributed by atoms with E-state index in [4.69, 9.17) is 18.9 Å². The molecule has 0 spiro atoms. The molecule has 0 aliphatic carbocycles. The average molecular weight is 2010 g/mol. The summed E-state index contributed by atoms with van der Waals surface area (Å²) in [7, 11) is 5.36. The Morgan fingerprint density at radius 2 is 0.664 bits per heavy atom. The Bertz CT molecular complexity index is 8650. The predicted octanol–water partition coefficient (Wildman–Crippen LogP) is 31.4. The smallest absolute Gasteiger partial charge is 0.381 e. The number of ether oxygens (including phenoxy) is 4. The van der Waals surface area contributed by atoms with Crippen LogP contribution in [0.4, 0.5) is 0 Å². The number of pyridine rings is 2. The summed E-state index contributed by atoms with van der Waals surface area (Å²) >= 11 is 0. The topological polar surface area (TPSA) is 91.2 Å². The van der Waals surface area contributed by atoms with Gasteiger partial charge in [0.1, 0.15) is 0 Å². The van der Waals surface area contributed by atoms with Crippen LogP contribution in [-0.4, -0.2) is 83.3 Å². The zero-order chi connectivity index (χ0) is 94.3. The predicted molar refractivity (Wildman–Crippen MR) is 579 cm³/mol. The SMILES string of the molecule is CCC(COCc1ccc(-c2cc[c-]c3c2c2ccccc2n2ccnc32)c(C)c1)OC.CCC(Cc1cc(-n2c3ccccc3c3ccccc32)cc(-n2c3ccccc3c3ccccc32)c1)OC.CCC(Cc1cccc(-n2c3ccccc3c3cc(-c4cccc(-n5c6ccccc6c6ccccc65)c4)ccc32)c1)OC.Cc1ccc(-c2cc[c-]c3c2c2ccccc2n2ccnc32)c(C)c1.[Pt+2]. The van der Waals surface area contributed by atoms with E-state index in [0.717, 1.165) is 59.7 Å². The van der Waals surface area contributed by atoms with Crippen molar-refractivity contribution in [2.24, 2.45) is 0 Å². The zero-order valence-electron chi connectivity index (χ0n) is 80.2. The molecule has 0 saturated carbocycles. The molecule has 25 rings (SSSR count). The van der Waals surface area contributed by atoms with Gasteiger partial charge in [-0.25, -0.2) is 0 Å². The number of hydrogen-bond donors (Lipinski definition) is 0. The molecule has 3 unspecified atom stereocenters. The minimum atomic E-state index is 0. The second-order valence-corrected chi connectivity index (χ2v) is 36.5. The molecule has 0 aliphatic heterocycles. The molecule has 0 amide bonds. The van der Waals surface area contributed by atoms with Gasteiger partial charge in [-0.1, -0.05) is 290 Å². The third kappa shape index (κ3) is 16.9. The van der Waals surface area contributed by atoms with Crippen LogP contribution in [0.15, 0.2) is 389 Å². The molecule has 8 aromatic heterocycles. The first kappa shape index (κ1) is 91.3. The molecule has 0 bridgehead atoms. The summed E-state index contributed by atoms with van der Waals surface area (Å²) in [4.78, 5) is 9.24. The fourth-order valence-electron chi connectivity index (χ4n) is 21.4. The van der Waals surface area contributed by atoms with E-state index in [0.29, 0.717) is 13.2 Å². The van der Waals surface area contributed by atoms with Crippen molar-refractivity contribution in [3.05, 3.63) is 434 Å². The molecule has 3 atom stereocenters. The number of nitrogens with zero attached hydrogens (tertiary/aromatic N) is 8. The van der Waals surface area contributed by atoms with Gasteiger partial charge in [-0.05, 0) is 223 Å². The number of rotatable bonds is 21. The fraction of sp³-hybridized carbons (Fsp3) is 0.150. The standard InChI is InChI=1S/C41H34N2O.C35H30N2O.C28H27N2O2.C23H17N2.Pt/c1-3-33(44-2)25-28-12-10-14-31(24-28)42-40-21-9-6-18-36(40)37-27-30(22-23-41(37)42)29-13-11-15-32(26-29)43-38-19-7-4-16-34(38)35-17-5-8-20-39(35)43;1-3-27(38-2)22-24-20-25(36-32-16-8-4-12-28(32)29-13-5-9-17-33(29)36)23-26(21-24)37-34-18-10-6-14-30(34)31-15-7-11-19-35(31)37;1-4-21(31-3)18-32-17-20-12-13-22(19(2)16-20)23-9-7-10-25-27(23)24-8-5-6-11-26(24)30-15-14-29-28(25)30;1-15-10-11-17(16(2)14-15)18-7-5-8-20-22(18)19-6-3-4-9-21(19)25-13-12-24-23(20)25;/h4-24,26-27,33H,3,25H2,1-2H3;4-21,23,27H,3,22H2,1-2H3;5-9,11-16,21H,4,17-18H2,1-3H3;3-7,9-14H,1-2H3;/q;;2*-1;+2. The van der Waals surface area contributed by atoms with E-state index in [-0.39, 0.29) is 39.4 Å². The fourth-order valence-corrected chi connectivity index (χ4v) is 21.4. The van der Waals surface area contributed by atoms with Gasteiger partial charge in [-0.15, -0.1) is 36.4 Å². The van der Waals surface area contributed by atoms with Crippen molar-refractivity contribution >= 4 is 142 Å².